The van der Waals surface area contributed by atoms with Crippen LogP contribution in [-0.2, 0) is 19.6 Å². The van der Waals surface area contributed by atoms with Crippen molar-refractivity contribution in [1.82, 2.24) is 4.72 Å². The van der Waals surface area contributed by atoms with Gasteiger partial charge in [-0.25, -0.2) is 18.0 Å². The highest BCUT2D eigenvalue weighted by Crippen LogP contribution is 2.34. The van der Waals surface area contributed by atoms with Gasteiger partial charge >= 0.3 is 0 Å². The Morgan fingerprint density at radius 3 is 2.33 bits per heavy atom. The molecular weight excluding hydrogens is 412 g/mol. The van der Waals surface area contributed by atoms with Crippen LogP contribution in [0, 0.1) is 0 Å². The molecule has 1 heterocycles. The number of nitrogens with zero attached hydrogens (tertiary/aromatic N) is 1. The summed E-state index contributed by atoms with van der Waals surface area (Å²) in [6, 6.07) is 11.0. The van der Waals surface area contributed by atoms with E-state index in [1.165, 1.54) is 25.3 Å². The molecule has 0 radical (unpaired) electrons. The fraction of sp³-hybridized carbons (Fsp3) is 0.300. The van der Waals surface area contributed by atoms with Crippen molar-refractivity contribution in [3.05, 3.63) is 42.5 Å². The zero-order chi connectivity index (χ0) is 21.7. The van der Waals surface area contributed by atoms with Crippen LogP contribution in [0.2, 0.25) is 0 Å². The van der Waals surface area contributed by atoms with E-state index in [9.17, 15) is 18.0 Å². The van der Waals surface area contributed by atoms with E-state index in [1.807, 2.05) is 0 Å². The second-order valence-electron chi connectivity index (χ2n) is 6.38. The van der Waals surface area contributed by atoms with E-state index in [0.29, 0.717) is 11.5 Å². The lowest BCUT2D eigenvalue weighted by atomic mass is 10.2. The number of nitrogens with one attached hydrogen (secondary N) is 1. The lowest BCUT2D eigenvalue weighted by Crippen LogP contribution is -2.30. The third kappa shape index (κ3) is 4.71. The molecule has 1 N–H and O–H groups in total. The van der Waals surface area contributed by atoms with Crippen LogP contribution in [0.4, 0.5) is 5.69 Å². The molecular formula is C20H22N2O7S. The van der Waals surface area contributed by atoms with Crippen LogP contribution in [0.25, 0.3) is 0 Å². The van der Waals surface area contributed by atoms with Gasteiger partial charge in [-0.1, -0.05) is 6.07 Å². The molecule has 2 aromatic carbocycles. The van der Waals surface area contributed by atoms with Gasteiger partial charge in [0, 0.05) is 25.5 Å². The van der Waals surface area contributed by atoms with E-state index in [-0.39, 0.29) is 42.3 Å². The average Bonchev–Trinajstić information content (AvgIpc) is 3.08. The second kappa shape index (κ2) is 9.14. The molecule has 30 heavy (non-hydrogen) atoms. The summed E-state index contributed by atoms with van der Waals surface area (Å²) in [5.74, 6) is 0.620. The number of imide groups is 1. The molecule has 0 aliphatic carbocycles. The van der Waals surface area contributed by atoms with E-state index in [4.69, 9.17) is 14.2 Å². The summed E-state index contributed by atoms with van der Waals surface area (Å²) in [5.41, 5.74) is 0.112. The van der Waals surface area contributed by atoms with Crippen molar-refractivity contribution in [2.24, 2.45) is 0 Å². The van der Waals surface area contributed by atoms with Crippen LogP contribution in [0.15, 0.2) is 47.4 Å². The summed E-state index contributed by atoms with van der Waals surface area (Å²) in [7, 11) is -0.977. The van der Waals surface area contributed by atoms with E-state index in [2.05, 4.69) is 4.72 Å². The molecule has 1 fully saturated rings. The van der Waals surface area contributed by atoms with Gasteiger partial charge in [0.05, 0.1) is 24.8 Å². The van der Waals surface area contributed by atoms with E-state index in [0.717, 1.165) is 4.90 Å². The fourth-order valence-corrected chi connectivity index (χ4v) is 4.01. The quantitative estimate of drug-likeness (QED) is 0.472. The summed E-state index contributed by atoms with van der Waals surface area (Å²) >= 11 is 0. The van der Waals surface area contributed by atoms with Crippen LogP contribution >= 0.6 is 0 Å². The number of anilines is 1. The third-order valence-corrected chi connectivity index (χ3v) is 5.92. The Morgan fingerprint density at radius 1 is 0.967 bits per heavy atom. The first-order valence-corrected chi connectivity index (χ1v) is 10.6. The highest BCUT2D eigenvalue weighted by atomic mass is 32.2. The van der Waals surface area contributed by atoms with Gasteiger partial charge in [-0.05, 0) is 30.3 Å². The molecule has 0 aromatic heterocycles. The zero-order valence-electron chi connectivity index (χ0n) is 16.6. The lowest BCUT2D eigenvalue weighted by molar-refractivity contribution is -0.121. The Labute approximate surface area is 174 Å². The molecule has 1 saturated heterocycles. The number of amides is 2. The molecule has 2 amide bonds. The van der Waals surface area contributed by atoms with Crippen LogP contribution in [-0.4, -0.2) is 47.6 Å². The Kier molecular flexibility index (Phi) is 6.58. The molecule has 0 bridgehead atoms. The molecule has 9 nitrogen and oxygen atoms in total. The lowest BCUT2D eigenvalue weighted by Gasteiger charge is -2.18. The number of benzene rings is 2. The number of carbonyl (C=O) groups excluding carboxylic acids is 2. The predicted molar refractivity (Wildman–Crippen MR) is 108 cm³/mol. The van der Waals surface area contributed by atoms with Crippen LogP contribution in [0.1, 0.15) is 12.8 Å². The van der Waals surface area contributed by atoms with Crippen molar-refractivity contribution in [2.75, 3.05) is 32.3 Å². The number of ether oxygens (including phenoxy) is 3. The van der Waals surface area contributed by atoms with Crippen molar-refractivity contribution in [3.63, 3.8) is 0 Å². The minimum atomic E-state index is -3.90. The van der Waals surface area contributed by atoms with E-state index < -0.39 is 21.8 Å². The number of methoxy groups -OCH3 is 2. The number of sulfonamides is 1. The van der Waals surface area contributed by atoms with Gasteiger partial charge in [-0.15, -0.1) is 0 Å². The third-order valence-electron chi connectivity index (χ3n) is 4.46. The molecule has 0 unspecified atom stereocenters. The van der Waals surface area contributed by atoms with Crippen molar-refractivity contribution in [3.8, 4) is 17.2 Å². The highest BCUT2D eigenvalue weighted by Gasteiger charge is 2.33. The van der Waals surface area contributed by atoms with E-state index >= 15 is 0 Å². The summed E-state index contributed by atoms with van der Waals surface area (Å²) in [5, 5.41) is 0. The van der Waals surface area contributed by atoms with Gasteiger partial charge in [0.15, 0.2) is 0 Å². The van der Waals surface area contributed by atoms with Crippen molar-refractivity contribution in [1.29, 1.82) is 0 Å². The summed E-state index contributed by atoms with van der Waals surface area (Å²) in [4.78, 5) is 25.0. The van der Waals surface area contributed by atoms with Crippen LogP contribution in [0.5, 0.6) is 17.2 Å². The van der Waals surface area contributed by atoms with Gasteiger partial charge in [-0.2, -0.15) is 0 Å². The predicted octanol–water partition coefficient (Wildman–Crippen LogP) is 1.71. The van der Waals surface area contributed by atoms with E-state index in [1.54, 1.807) is 31.4 Å². The molecule has 3 rings (SSSR count). The maximum Gasteiger partial charge on any atom is 0.240 e. The van der Waals surface area contributed by atoms with Crippen molar-refractivity contribution in [2.45, 2.75) is 17.7 Å². The largest absolute Gasteiger partial charge is 0.497 e. The molecule has 0 saturated carbocycles. The number of carbonyl (C=O) groups is 2. The standard InChI is InChI=1S/C20H22N2O7S/c1-27-14-4-3-5-15(12-14)29-11-10-21-30(25,26)16-6-7-18(28-2)17(13-16)22-19(23)8-9-20(22)24/h3-7,12-13,21H,8-11H2,1-2H3. The Morgan fingerprint density at radius 2 is 1.67 bits per heavy atom. The summed E-state index contributed by atoms with van der Waals surface area (Å²) in [6.45, 7) is 0.112. The number of hydrogen-bond donors (Lipinski definition) is 1. The first-order chi connectivity index (χ1) is 14.4. The van der Waals surface area contributed by atoms with Gasteiger partial charge in [-0.3, -0.25) is 9.59 Å². The summed E-state index contributed by atoms with van der Waals surface area (Å²) in [6.07, 6.45) is 0.164. The molecule has 1 aliphatic heterocycles. The minimum absolute atomic E-state index is 0.0164. The number of hydrogen-bond acceptors (Lipinski definition) is 7. The second-order valence-corrected chi connectivity index (χ2v) is 8.15. The van der Waals surface area contributed by atoms with Gasteiger partial charge < -0.3 is 14.2 Å². The minimum Gasteiger partial charge on any atom is -0.497 e. The Bertz CT molecular complexity index is 1040. The summed E-state index contributed by atoms with van der Waals surface area (Å²) < 4.78 is 43.6. The van der Waals surface area contributed by atoms with Gasteiger partial charge in [0.25, 0.3) is 0 Å². The molecule has 2 aromatic rings. The monoisotopic (exact) mass is 434 g/mol. The average molecular weight is 434 g/mol. The molecule has 0 atom stereocenters. The van der Waals surface area contributed by atoms with Crippen molar-refractivity contribution < 1.29 is 32.2 Å². The fourth-order valence-electron chi connectivity index (χ4n) is 2.98. The SMILES string of the molecule is COc1cccc(OCCNS(=O)(=O)c2ccc(OC)c(N3C(=O)CCC3=O)c2)c1. The molecule has 0 spiro atoms. The highest BCUT2D eigenvalue weighted by molar-refractivity contribution is 7.89. The molecule has 160 valence electrons. The smallest absolute Gasteiger partial charge is 0.240 e. The Hall–Kier alpha value is -3.11. The van der Waals surface area contributed by atoms with Crippen LogP contribution < -0.4 is 23.8 Å². The molecule has 10 heteroatoms. The molecule has 1 aliphatic rings. The zero-order valence-corrected chi connectivity index (χ0v) is 17.4. The maximum atomic E-state index is 12.7. The van der Waals surface area contributed by atoms with Crippen molar-refractivity contribution >= 4 is 27.5 Å². The topological polar surface area (TPSA) is 111 Å². The van der Waals surface area contributed by atoms with Crippen LogP contribution in [0.3, 0.4) is 0 Å². The first-order valence-electron chi connectivity index (χ1n) is 9.16. The Balaban J connectivity index is 1.70. The van der Waals surface area contributed by atoms with Gasteiger partial charge in [0.1, 0.15) is 23.9 Å². The number of rotatable bonds is 9. The maximum absolute atomic E-state index is 12.7. The van der Waals surface area contributed by atoms with Gasteiger partial charge in [0.2, 0.25) is 21.8 Å². The first kappa shape index (κ1) is 21.6. The normalized spacial score (nSPS) is 14.1.